The van der Waals surface area contributed by atoms with Crippen molar-refractivity contribution >= 4 is 22.7 Å². The molecule has 1 N–H and O–H groups in total. The van der Waals surface area contributed by atoms with Crippen molar-refractivity contribution in [3.8, 4) is 6.07 Å². The van der Waals surface area contributed by atoms with Crippen LogP contribution in [-0.2, 0) is 6.54 Å². The number of nitrogens with one attached hydrogen (secondary N) is 1. The second-order valence-electron chi connectivity index (χ2n) is 5.47. The number of rotatable bonds is 5. The van der Waals surface area contributed by atoms with Gasteiger partial charge in [-0.2, -0.15) is 10.4 Å². The Morgan fingerprint density at radius 1 is 1.29 bits per heavy atom. The normalized spacial score (nSPS) is 11.3. The van der Waals surface area contributed by atoms with Crippen molar-refractivity contribution in [2.24, 2.45) is 0 Å². The van der Waals surface area contributed by atoms with Gasteiger partial charge in [0.15, 0.2) is 0 Å². The van der Waals surface area contributed by atoms with Gasteiger partial charge in [-0.3, -0.25) is 0 Å². The van der Waals surface area contributed by atoms with Crippen LogP contribution in [0.25, 0.3) is 5.57 Å². The number of allylic oxidation sites excluding steroid dienone is 1. The highest BCUT2D eigenvalue weighted by molar-refractivity contribution is 7.10. The van der Waals surface area contributed by atoms with Crippen LogP contribution in [0.15, 0.2) is 48.1 Å². The molecule has 3 aromatic rings. The van der Waals surface area contributed by atoms with Gasteiger partial charge in [-0.1, -0.05) is 29.8 Å². The highest BCUT2D eigenvalue weighted by atomic mass is 32.1. The van der Waals surface area contributed by atoms with Crippen LogP contribution < -0.4 is 5.32 Å². The van der Waals surface area contributed by atoms with E-state index in [1.165, 1.54) is 22.5 Å². The summed E-state index contributed by atoms with van der Waals surface area (Å²) in [5.74, 6) is 0.830. The number of aromatic nitrogens is 3. The van der Waals surface area contributed by atoms with Gasteiger partial charge < -0.3 is 5.32 Å². The maximum Gasteiger partial charge on any atom is 0.135 e. The Kier molecular flexibility index (Phi) is 4.73. The average Bonchev–Trinajstić information content (AvgIpc) is 3.20. The van der Waals surface area contributed by atoms with E-state index in [1.54, 1.807) is 12.4 Å². The second kappa shape index (κ2) is 7.11. The van der Waals surface area contributed by atoms with Crippen LogP contribution in [0.1, 0.15) is 21.8 Å². The van der Waals surface area contributed by atoms with Gasteiger partial charge in [0, 0.05) is 23.3 Å². The molecule has 24 heavy (non-hydrogen) atoms. The van der Waals surface area contributed by atoms with Crippen LogP contribution in [0.3, 0.4) is 0 Å². The molecule has 0 fully saturated rings. The predicted octanol–water partition coefficient (Wildman–Crippen LogP) is 3.98. The summed E-state index contributed by atoms with van der Waals surface area (Å²) < 4.78 is 1.86. The zero-order chi connectivity index (χ0) is 16.9. The average molecular weight is 335 g/mol. The molecule has 5 nitrogen and oxygen atoms in total. The van der Waals surface area contributed by atoms with Crippen LogP contribution in [0.5, 0.6) is 0 Å². The largest absolute Gasteiger partial charge is 0.345 e. The van der Waals surface area contributed by atoms with Crippen molar-refractivity contribution < 1.29 is 0 Å². The lowest BCUT2D eigenvalue weighted by Gasteiger charge is -2.08. The number of hydrogen-bond acceptors (Lipinski definition) is 5. The fraction of sp³-hybridized carbons (Fsp3) is 0.167. The van der Waals surface area contributed by atoms with E-state index in [4.69, 9.17) is 0 Å². The molecule has 0 bridgehead atoms. The molecule has 0 aliphatic carbocycles. The molecule has 2 aromatic heterocycles. The molecule has 120 valence electrons. The summed E-state index contributed by atoms with van der Waals surface area (Å²) in [5, 5.41) is 19.5. The van der Waals surface area contributed by atoms with E-state index < -0.39 is 0 Å². The smallest absolute Gasteiger partial charge is 0.135 e. The van der Waals surface area contributed by atoms with Crippen LogP contribution >= 0.6 is 11.3 Å². The third-order valence-electron chi connectivity index (χ3n) is 3.50. The van der Waals surface area contributed by atoms with Crippen molar-refractivity contribution in [1.82, 2.24) is 14.8 Å². The molecule has 0 aliphatic rings. The lowest BCUT2D eigenvalue weighted by Crippen LogP contribution is -2.06. The summed E-state index contributed by atoms with van der Waals surface area (Å²) in [6.07, 6.45) is 3.42. The molecule has 0 saturated carbocycles. The molecule has 3 rings (SSSR count). The lowest BCUT2D eigenvalue weighted by molar-refractivity contribution is 0.695. The summed E-state index contributed by atoms with van der Waals surface area (Å²) in [5.41, 5.74) is 3.84. The fourth-order valence-corrected chi connectivity index (χ4v) is 2.98. The maximum absolute atomic E-state index is 9.33. The van der Waals surface area contributed by atoms with Crippen molar-refractivity contribution in [3.05, 3.63) is 69.9 Å². The summed E-state index contributed by atoms with van der Waals surface area (Å²) in [6.45, 7) is 4.65. The molecule has 0 radical (unpaired) electrons. The first kappa shape index (κ1) is 16.0. The van der Waals surface area contributed by atoms with Gasteiger partial charge in [-0.05, 0) is 19.4 Å². The number of aryl methyl sites for hydroxylation is 2. The van der Waals surface area contributed by atoms with E-state index >= 15 is 0 Å². The number of nitriles is 1. The van der Waals surface area contributed by atoms with E-state index in [0.717, 1.165) is 11.5 Å². The van der Waals surface area contributed by atoms with E-state index in [0.29, 0.717) is 17.1 Å². The van der Waals surface area contributed by atoms with Crippen molar-refractivity contribution in [2.45, 2.75) is 20.4 Å². The standard InChI is InChI=1S/C18H17N5S/c1-13-3-5-15(6-4-13)11-23-17(7-8-21-23)20-10-16(9-19)18-22-14(2)12-24-18/h3-8,10,12,20H,11H2,1-2H3/b16-10+. The van der Waals surface area contributed by atoms with Gasteiger partial charge in [-0.25, -0.2) is 9.67 Å². The zero-order valence-corrected chi connectivity index (χ0v) is 14.3. The second-order valence-corrected chi connectivity index (χ2v) is 6.33. The third-order valence-corrected chi connectivity index (χ3v) is 4.50. The molecule has 0 amide bonds. The summed E-state index contributed by atoms with van der Waals surface area (Å²) in [4.78, 5) is 4.35. The van der Waals surface area contributed by atoms with Crippen molar-refractivity contribution in [3.63, 3.8) is 0 Å². The molecule has 2 heterocycles. The minimum atomic E-state index is 0.510. The Hall–Kier alpha value is -2.91. The van der Waals surface area contributed by atoms with Gasteiger partial charge in [0.25, 0.3) is 0 Å². The molecule has 0 atom stereocenters. The van der Waals surface area contributed by atoms with Crippen LogP contribution in [0, 0.1) is 25.2 Å². The Morgan fingerprint density at radius 3 is 2.75 bits per heavy atom. The number of anilines is 1. The first-order valence-corrected chi connectivity index (χ1v) is 8.40. The summed E-state index contributed by atoms with van der Waals surface area (Å²) >= 11 is 1.46. The van der Waals surface area contributed by atoms with Gasteiger partial charge in [0.1, 0.15) is 22.5 Å². The Labute approximate surface area is 144 Å². The molecular formula is C18H17N5S. The Morgan fingerprint density at radius 2 is 2.08 bits per heavy atom. The monoisotopic (exact) mass is 335 g/mol. The van der Waals surface area contributed by atoms with E-state index in [-0.39, 0.29) is 0 Å². The number of thiazole rings is 1. The summed E-state index contributed by atoms with van der Waals surface area (Å²) in [7, 11) is 0. The molecule has 0 unspecified atom stereocenters. The number of nitrogens with zero attached hydrogens (tertiary/aromatic N) is 4. The molecule has 6 heteroatoms. The quantitative estimate of drug-likeness (QED) is 0.716. The van der Waals surface area contributed by atoms with E-state index in [2.05, 4.69) is 52.7 Å². The van der Waals surface area contributed by atoms with Crippen molar-refractivity contribution in [2.75, 3.05) is 5.32 Å². The van der Waals surface area contributed by atoms with Crippen LogP contribution in [0.2, 0.25) is 0 Å². The molecule has 0 spiro atoms. The Balaban J connectivity index is 1.76. The minimum Gasteiger partial charge on any atom is -0.345 e. The third kappa shape index (κ3) is 3.70. The highest BCUT2D eigenvalue weighted by Crippen LogP contribution is 2.19. The Bertz CT molecular complexity index is 896. The first-order valence-electron chi connectivity index (χ1n) is 7.52. The molecule has 1 aromatic carbocycles. The minimum absolute atomic E-state index is 0.510. The predicted molar refractivity (Wildman–Crippen MR) is 96.6 cm³/mol. The first-order chi connectivity index (χ1) is 11.7. The van der Waals surface area contributed by atoms with Gasteiger partial charge in [0.05, 0.1) is 12.7 Å². The molecular weight excluding hydrogens is 318 g/mol. The lowest BCUT2D eigenvalue weighted by atomic mass is 10.1. The topological polar surface area (TPSA) is 66.5 Å². The van der Waals surface area contributed by atoms with Gasteiger partial charge in [0.2, 0.25) is 0 Å². The van der Waals surface area contributed by atoms with Gasteiger partial charge >= 0.3 is 0 Å². The number of hydrogen-bond donors (Lipinski definition) is 1. The van der Waals surface area contributed by atoms with E-state index in [9.17, 15) is 5.26 Å². The summed E-state index contributed by atoms with van der Waals surface area (Å²) in [6, 6.07) is 12.4. The SMILES string of the molecule is Cc1ccc(Cn2nccc2N/C=C(\C#N)c2nc(C)cs2)cc1. The van der Waals surface area contributed by atoms with E-state index in [1.807, 2.05) is 23.1 Å². The van der Waals surface area contributed by atoms with Crippen LogP contribution in [-0.4, -0.2) is 14.8 Å². The number of benzene rings is 1. The van der Waals surface area contributed by atoms with Crippen molar-refractivity contribution in [1.29, 1.82) is 5.26 Å². The highest BCUT2D eigenvalue weighted by Gasteiger charge is 2.07. The fourth-order valence-electron chi connectivity index (χ4n) is 2.21. The van der Waals surface area contributed by atoms with Crippen LogP contribution in [0.4, 0.5) is 5.82 Å². The zero-order valence-electron chi connectivity index (χ0n) is 13.5. The molecule has 0 saturated heterocycles. The molecule has 0 aliphatic heterocycles. The maximum atomic E-state index is 9.33. The van der Waals surface area contributed by atoms with Gasteiger partial charge in [-0.15, -0.1) is 11.3 Å².